The number of rotatable bonds is 3. The smallest absolute Gasteiger partial charge is 0.257 e. The number of fused-ring (bicyclic) bond motifs is 1. The number of hydrogen-bond donors (Lipinski definition) is 1. The van der Waals surface area contributed by atoms with Gasteiger partial charge in [0.15, 0.2) is 0 Å². The molecule has 1 N–H and O–H groups in total. The first-order chi connectivity index (χ1) is 12.0. The number of nitrogens with one attached hydrogen (secondary N) is 1. The minimum Gasteiger partial charge on any atom is -0.322 e. The molecule has 0 atom stereocenters. The topological polar surface area (TPSA) is 49.4 Å². The van der Waals surface area contributed by atoms with Crippen LogP contribution in [0.4, 0.5) is 11.4 Å². The maximum atomic E-state index is 12.5. The Hall–Kier alpha value is -1.85. The highest BCUT2D eigenvalue weighted by molar-refractivity contribution is 9.10. The molecule has 0 saturated heterocycles. The van der Waals surface area contributed by atoms with E-state index in [1.807, 2.05) is 25.1 Å². The largest absolute Gasteiger partial charge is 0.322 e. The van der Waals surface area contributed by atoms with Crippen LogP contribution in [0.3, 0.4) is 0 Å². The number of aryl methyl sites for hydroxylation is 1. The van der Waals surface area contributed by atoms with Crippen LogP contribution in [0.2, 0.25) is 5.02 Å². The van der Waals surface area contributed by atoms with E-state index >= 15 is 0 Å². The van der Waals surface area contributed by atoms with E-state index in [0.29, 0.717) is 29.2 Å². The highest BCUT2D eigenvalue weighted by Crippen LogP contribution is 2.31. The van der Waals surface area contributed by atoms with Crippen molar-refractivity contribution < 1.29 is 9.59 Å². The first-order valence-corrected chi connectivity index (χ1v) is 9.36. The summed E-state index contributed by atoms with van der Waals surface area (Å²) in [5.74, 6) is -0.185. The lowest BCUT2D eigenvalue weighted by atomic mass is 10.0. The molecule has 0 bridgehead atoms. The number of carbonyl (C=O) groups excluding carboxylic acids is 2. The van der Waals surface area contributed by atoms with Gasteiger partial charge in [-0.2, -0.15) is 0 Å². The fourth-order valence-corrected chi connectivity index (χ4v) is 3.54. The average Bonchev–Trinajstić information content (AvgIpc) is 2.62. The van der Waals surface area contributed by atoms with E-state index in [4.69, 9.17) is 11.6 Å². The Kier molecular flexibility index (Phi) is 5.45. The van der Waals surface area contributed by atoms with Crippen LogP contribution >= 0.6 is 27.5 Å². The van der Waals surface area contributed by atoms with Crippen LogP contribution in [-0.4, -0.2) is 18.4 Å². The molecule has 6 heteroatoms. The summed E-state index contributed by atoms with van der Waals surface area (Å²) in [6.45, 7) is 2.58. The van der Waals surface area contributed by atoms with Crippen molar-refractivity contribution in [3.8, 4) is 0 Å². The predicted octanol–water partition coefficient (Wildman–Crippen LogP) is 5.04. The Morgan fingerprint density at radius 3 is 2.80 bits per heavy atom. The molecule has 3 rings (SSSR count). The van der Waals surface area contributed by atoms with E-state index in [1.165, 1.54) is 0 Å². The van der Waals surface area contributed by atoms with E-state index in [9.17, 15) is 9.59 Å². The van der Waals surface area contributed by atoms with Gasteiger partial charge in [-0.1, -0.05) is 40.5 Å². The Morgan fingerprint density at radius 2 is 2.04 bits per heavy atom. The summed E-state index contributed by atoms with van der Waals surface area (Å²) in [6.07, 6.45) is 2.36. The second-order valence-corrected chi connectivity index (χ2v) is 7.25. The number of amides is 2. The molecule has 0 unspecified atom stereocenters. The van der Waals surface area contributed by atoms with Crippen molar-refractivity contribution in [3.05, 3.63) is 57.0 Å². The predicted molar refractivity (Wildman–Crippen MR) is 105 cm³/mol. The molecule has 0 saturated carbocycles. The van der Waals surface area contributed by atoms with E-state index in [0.717, 1.165) is 28.6 Å². The molecule has 1 heterocycles. The van der Waals surface area contributed by atoms with E-state index in [1.54, 1.807) is 23.1 Å². The standard InChI is InChI=1S/C19H18BrClN2O2/c1-2-18(24)23-9-3-4-12-5-7-14(11-17(12)23)22-19(25)15-10-13(20)6-8-16(15)21/h5-8,10-11H,2-4,9H2,1H3,(H,22,25). The highest BCUT2D eigenvalue weighted by Gasteiger charge is 2.22. The zero-order chi connectivity index (χ0) is 18.0. The maximum Gasteiger partial charge on any atom is 0.257 e. The van der Waals surface area contributed by atoms with Crippen molar-refractivity contribution in [2.75, 3.05) is 16.8 Å². The van der Waals surface area contributed by atoms with Crippen LogP contribution in [0.1, 0.15) is 35.7 Å². The van der Waals surface area contributed by atoms with Gasteiger partial charge in [0.25, 0.3) is 5.91 Å². The van der Waals surface area contributed by atoms with Gasteiger partial charge in [0.05, 0.1) is 10.6 Å². The monoisotopic (exact) mass is 420 g/mol. The second-order valence-electron chi connectivity index (χ2n) is 5.92. The number of halogens is 2. The summed E-state index contributed by atoms with van der Waals surface area (Å²) >= 11 is 9.47. The van der Waals surface area contributed by atoms with Gasteiger partial charge in [0.2, 0.25) is 5.91 Å². The summed E-state index contributed by atoms with van der Waals surface area (Å²) in [4.78, 5) is 26.5. The summed E-state index contributed by atoms with van der Waals surface area (Å²) in [7, 11) is 0. The van der Waals surface area contributed by atoms with E-state index in [-0.39, 0.29) is 11.8 Å². The lowest BCUT2D eigenvalue weighted by molar-refractivity contribution is -0.118. The molecule has 1 aliphatic heterocycles. The number of carbonyl (C=O) groups is 2. The quantitative estimate of drug-likeness (QED) is 0.754. The van der Waals surface area contributed by atoms with Crippen molar-refractivity contribution in [2.24, 2.45) is 0 Å². The molecule has 4 nitrogen and oxygen atoms in total. The van der Waals surface area contributed by atoms with E-state index in [2.05, 4.69) is 21.2 Å². The van der Waals surface area contributed by atoms with Crippen molar-refractivity contribution >= 4 is 50.7 Å². The van der Waals surface area contributed by atoms with Crippen molar-refractivity contribution in [1.29, 1.82) is 0 Å². The third-order valence-electron chi connectivity index (χ3n) is 4.24. The van der Waals surface area contributed by atoms with Gasteiger partial charge in [-0.15, -0.1) is 0 Å². The fraction of sp³-hybridized carbons (Fsp3) is 0.263. The van der Waals surface area contributed by atoms with Crippen LogP contribution < -0.4 is 10.2 Å². The molecule has 25 heavy (non-hydrogen) atoms. The third kappa shape index (κ3) is 3.88. The molecule has 2 amide bonds. The van der Waals surface area contributed by atoms with Crippen molar-refractivity contribution in [3.63, 3.8) is 0 Å². The van der Waals surface area contributed by atoms with Crippen LogP contribution in [0.25, 0.3) is 0 Å². The lowest BCUT2D eigenvalue weighted by Gasteiger charge is -2.29. The zero-order valence-corrected chi connectivity index (χ0v) is 16.2. The molecular formula is C19H18BrClN2O2. The maximum absolute atomic E-state index is 12.5. The Bertz CT molecular complexity index is 838. The molecule has 1 aliphatic rings. The molecule has 0 aliphatic carbocycles. The minimum atomic E-state index is -0.282. The molecule has 0 aromatic heterocycles. The van der Waals surface area contributed by atoms with Crippen molar-refractivity contribution in [2.45, 2.75) is 26.2 Å². The van der Waals surface area contributed by atoms with Crippen LogP contribution in [-0.2, 0) is 11.2 Å². The summed E-state index contributed by atoms with van der Waals surface area (Å²) in [5.41, 5.74) is 3.06. The normalized spacial score (nSPS) is 13.3. The Morgan fingerprint density at radius 1 is 1.24 bits per heavy atom. The van der Waals surface area contributed by atoms with Gasteiger partial charge in [0.1, 0.15) is 0 Å². The zero-order valence-electron chi connectivity index (χ0n) is 13.8. The number of anilines is 2. The van der Waals surface area contributed by atoms with Crippen LogP contribution in [0, 0.1) is 0 Å². The van der Waals surface area contributed by atoms with E-state index < -0.39 is 0 Å². The molecule has 2 aromatic rings. The van der Waals surface area contributed by atoms with Gasteiger partial charge in [-0.05, 0) is 48.7 Å². The SMILES string of the molecule is CCC(=O)N1CCCc2ccc(NC(=O)c3cc(Br)ccc3Cl)cc21. The molecule has 0 spiro atoms. The average molecular weight is 422 g/mol. The first kappa shape index (κ1) is 18.0. The first-order valence-electron chi connectivity index (χ1n) is 8.19. The summed E-state index contributed by atoms with van der Waals surface area (Å²) < 4.78 is 0.784. The van der Waals surface area contributed by atoms with Crippen LogP contribution in [0.15, 0.2) is 40.9 Å². The molecule has 130 valence electrons. The molecule has 0 fully saturated rings. The molecule has 2 aromatic carbocycles. The molecular weight excluding hydrogens is 404 g/mol. The van der Waals surface area contributed by atoms with Gasteiger partial charge < -0.3 is 10.2 Å². The minimum absolute atomic E-state index is 0.0967. The lowest BCUT2D eigenvalue weighted by Crippen LogP contribution is -2.35. The second kappa shape index (κ2) is 7.58. The number of nitrogens with zero attached hydrogens (tertiary/aromatic N) is 1. The van der Waals surface area contributed by atoms with Gasteiger partial charge in [-0.3, -0.25) is 9.59 Å². The molecule has 0 radical (unpaired) electrons. The van der Waals surface area contributed by atoms with Crippen LogP contribution in [0.5, 0.6) is 0 Å². The highest BCUT2D eigenvalue weighted by atomic mass is 79.9. The number of hydrogen-bond acceptors (Lipinski definition) is 2. The Labute approximate surface area is 160 Å². The van der Waals surface area contributed by atoms with Gasteiger partial charge >= 0.3 is 0 Å². The van der Waals surface area contributed by atoms with Gasteiger partial charge in [0, 0.05) is 28.8 Å². The fourth-order valence-electron chi connectivity index (χ4n) is 2.97. The summed E-state index contributed by atoms with van der Waals surface area (Å²) in [6, 6.07) is 10.8. The Balaban J connectivity index is 1.88. The van der Waals surface area contributed by atoms with Crippen molar-refractivity contribution in [1.82, 2.24) is 0 Å². The number of benzene rings is 2. The van der Waals surface area contributed by atoms with Gasteiger partial charge in [-0.25, -0.2) is 0 Å². The summed E-state index contributed by atoms with van der Waals surface area (Å²) in [5, 5.41) is 3.26. The third-order valence-corrected chi connectivity index (χ3v) is 5.06.